The first-order valence-corrected chi connectivity index (χ1v) is 7.82. The van der Waals surface area contributed by atoms with Gasteiger partial charge in [0.25, 0.3) is 5.56 Å². The molecule has 3 N–H and O–H groups in total. The number of hydrogen-bond acceptors (Lipinski definition) is 6. The molecule has 8 nitrogen and oxygen atoms in total. The zero-order valence-corrected chi connectivity index (χ0v) is 14.3. The normalized spacial score (nSPS) is 12.7. The predicted octanol–water partition coefficient (Wildman–Crippen LogP) is 2.03. The number of nitrogens with zero attached hydrogens (tertiary/aromatic N) is 2. The highest BCUT2D eigenvalue weighted by atomic mass is 16.6. The van der Waals surface area contributed by atoms with Gasteiger partial charge < -0.3 is 20.4 Å². The smallest absolute Gasteiger partial charge is 0.407 e. The largest absolute Gasteiger partial charge is 0.444 e. The van der Waals surface area contributed by atoms with Gasteiger partial charge >= 0.3 is 6.09 Å². The Morgan fingerprint density at radius 3 is 2.83 bits per heavy atom. The summed E-state index contributed by atoms with van der Waals surface area (Å²) in [5.74, 6) is 0.545. The van der Waals surface area contributed by atoms with Crippen LogP contribution in [0.1, 0.15) is 34.1 Å². The van der Waals surface area contributed by atoms with Crippen molar-refractivity contribution >= 4 is 22.8 Å². The SMILES string of the molecule is C[C@H](CCNc1nccc2c(=O)[nH]cnc12)NC(=O)OC(C)(C)C. The van der Waals surface area contributed by atoms with Gasteiger partial charge in [-0.05, 0) is 40.2 Å². The van der Waals surface area contributed by atoms with Crippen molar-refractivity contribution in [3.8, 4) is 0 Å². The van der Waals surface area contributed by atoms with Crippen molar-refractivity contribution in [2.45, 2.75) is 45.8 Å². The molecule has 2 heterocycles. The molecule has 0 spiro atoms. The molecule has 130 valence electrons. The third-order valence-electron chi connectivity index (χ3n) is 3.19. The maximum Gasteiger partial charge on any atom is 0.407 e. The van der Waals surface area contributed by atoms with Crippen molar-refractivity contribution in [3.63, 3.8) is 0 Å². The lowest BCUT2D eigenvalue weighted by molar-refractivity contribution is 0.0507. The second-order valence-electron chi connectivity index (χ2n) is 6.55. The Labute approximate surface area is 140 Å². The molecule has 0 fully saturated rings. The zero-order chi connectivity index (χ0) is 17.7. The van der Waals surface area contributed by atoms with Crippen molar-refractivity contribution in [3.05, 3.63) is 28.9 Å². The molecule has 2 aromatic heterocycles. The molecule has 0 bridgehead atoms. The van der Waals surface area contributed by atoms with Crippen molar-refractivity contribution in [2.24, 2.45) is 0 Å². The van der Waals surface area contributed by atoms with Gasteiger partial charge in [-0.15, -0.1) is 0 Å². The molecule has 0 aliphatic rings. The highest BCUT2D eigenvalue weighted by Crippen LogP contribution is 2.14. The van der Waals surface area contributed by atoms with E-state index in [9.17, 15) is 9.59 Å². The van der Waals surface area contributed by atoms with Crippen LogP contribution in [-0.4, -0.2) is 39.2 Å². The Morgan fingerprint density at radius 1 is 1.38 bits per heavy atom. The van der Waals surface area contributed by atoms with Crippen LogP contribution in [-0.2, 0) is 4.74 Å². The first kappa shape index (κ1) is 17.7. The molecule has 0 saturated heterocycles. The fraction of sp³-hybridized carbons (Fsp3) is 0.500. The van der Waals surface area contributed by atoms with E-state index in [4.69, 9.17) is 4.74 Å². The first-order chi connectivity index (χ1) is 11.3. The second-order valence-corrected chi connectivity index (χ2v) is 6.55. The van der Waals surface area contributed by atoms with Crippen molar-refractivity contribution in [2.75, 3.05) is 11.9 Å². The van der Waals surface area contributed by atoms with Gasteiger partial charge in [-0.1, -0.05) is 0 Å². The van der Waals surface area contributed by atoms with Gasteiger partial charge in [0.15, 0.2) is 5.82 Å². The first-order valence-electron chi connectivity index (χ1n) is 7.82. The molecule has 0 aliphatic carbocycles. The van der Waals surface area contributed by atoms with E-state index in [0.717, 1.165) is 0 Å². The van der Waals surface area contributed by atoms with Gasteiger partial charge in [0.05, 0.1) is 11.7 Å². The summed E-state index contributed by atoms with van der Waals surface area (Å²) in [4.78, 5) is 34.3. The number of amides is 1. The van der Waals surface area contributed by atoms with E-state index < -0.39 is 11.7 Å². The average molecular weight is 333 g/mol. The minimum Gasteiger partial charge on any atom is -0.444 e. The van der Waals surface area contributed by atoms with Gasteiger partial charge in [-0.2, -0.15) is 0 Å². The average Bonchev–Trinajstić information content (AvgIpc) is 2.46. The molecule has 0 saturated carbocycles. The lowest BCUT2D eigenvalue weighted by atomic mass is 10.2. The topological polar surface area (TPSA) is 109 Å². The molecular formula is C16H23N5O3. The number of aromatic nitrogens is 3. The van der Waals surface area contributed by atoms with E-state index in [1.807, 2.05) is 27.7 Å². The van der Waals surface area contributed by atoms with Crippen LogP contribution in [0, 0.1) is 0 Å². The number of alkyl carbamates (subject to hydrolysis) is 1. The standard InChI is InChI=1S/C16H23N5O3/c1-10(21-15(23)24-16(2,3)4)5-7-17-13-12-11(6-8-18-13)14(22)20-9-19-12/h6,8-10H,5,7H2,1-4H3,(H,17,18)(H,21,23)(H,19,20,22)/t10-/m1/s1. The van der Waals surface area contributed by atoms with E-state index in [1.165, 1.54) is 6.33 Å². The summed E-state index contributed by atoms with van der Waals surface area (Å²) in [6, 6.07) is 1.55. The number of H-pyrrole nitrogens is 1. The number of nitrogens with one attached hydrogen (secondary N) is 3. The molecule has 0 unspecified atom stereocenters. The maximum absolute atomic E-state index is 11.7. The van der Waals surface area contributed by atoms with Gasteiger partial charge in [0.2, 0.25) is 0 Å². The molecule has 0 aromatic carbocycles. The van der Waals surface area contributed by atoms with Gasteiger partial charge in [0, 0.05) is 18.8 Å². The highest BCUT2D eigenvalue weighted by Gasteiger charge is 2.17. The molecule has 0 radical (unpaired) electrons. The van der Waals surface area contributed by atoms with E-state index in [-0.39, 0.29) is 11.6 Å². The van der Waals surface area contributed by atoms with Crippen molar-refractivity contribution in [1.29, 1.82) is 0 Å². The van der Waals surface area contributed by atoms with Crippen LogP contribution < -0.4 is 16.2 Å². The summed E-state index contributed by atoms with van der Waals surface area (Å²) >= 11 is 0. The number of hydrogen-bond donors (Lipinski definition) is 3. The van der Waals surface area contributed by atoms with E-state index >= 15 is 0 Å². The van der Waals surface area contributed by atoms with Gasteiger partial charge in [-0.25, -0.2) is 14.8 Å². The number of carbonyl (C=O) groups excluding carboxylic acids is 1. The zero-order valence-electron chi connectivity index (χ0n) is 14.3. The van der Waals surface area contributed by atoms with E-state index in [0.29, 0.717) is 29.7 Å². The van der Waals surface area contributed by atoms with Crippen molar-refractivity contribution < 1.29 is 9.53 Å². The summed E-state index contributed by atoms with van der Waals surface area (Å²) < 4.78 is 5.21. The van der Waals surface area contributed by atoms with Crippen LogP contribution >= 0.6 is 0 Å². The molecule has 1 amide bonds. The minimum atomic E-state index is -0.520. The molecule has 0 aliphatic heterocycles. The Bertz CT molecular complexity index is 766. The van der Waals surface area contributed by atoms with Crippen LogP contribution in [0.3, 0.4) is 0 Å². The van der Waals surface area contributed by atoms with Crippen LogP contribution in [0.5, 0.6) is 0 Å². The number of fused-ring (bicyclic) bond motifs is 1. The predicted molar refractivity (Wildman–Crippen MR) is 92.1 cm³/mol. The molecule has 2 rings (SSSR count). The van der Waals surface area contributed by atoms with Gasteiger partial charge in [0.1, 0.15) is 11.1 Å². The Morgan fingerprint density at radius 2 is 2.12 bits per heavy atom. The summed E-state index contributed by atoms with van der Waals surface area (Å²) in [6.45, 7) is 7.92. The molecular weight excluding hydrogens is 310 g/mol. The summed E-state index contributed by atoms with van der Waals surface area (Å²) in [5, 5.41) is 6.41. The lowest BCUT2D eigenvalue weighted by Crippen LogP contribution is -2.38. The second kappa shape index (κ2) is 7.29. The Kier molecular flexibility index (Phi) is 5.38. The third kappa shape index (κ3) is 4.94. The fourth-order valence-corrected chi connectivity index (χ4v) is 2.12. The van der Waals surface area contributed by atoms with E-state index in [2.05, 4.69) is 25.6 Å². The summed E-state index contributed by atoms with van der Waals surface area (Å²) in [7, 11) is 0. The Hall–Kier alpha value is -2.64. The number of pyridine rings is 1. The summed E-state index contributed by atoms with van der Waals surface area (Å²) in [5.41, 5.74) is -0.201. The number of aromatic amines is 1. The van der Waals surface area contributed by atoms with E-state index in [1.54, 1.807) is 12.3 Å². The van der Waals surface area contributed by atoms with Crippen LogP contribution in [0.25, 0.3) is 10.9 Å². The monoisotopic (exact) mass is 333 g/mol. The van der Waals surface area contributed by atoms with Crippen LogP contribution in [0.15, 0.2) is 23.4 Å². The quantitative estimate of drug-likeness (QED) is 0.772. The Balaban J connectivity index is 1.90. The molecule has 8 heteroatoms. The maximum atomic E-state index is 11.7. The number of anilines is 1. The van der Waals surface area contributed by atoms with Crippen molar-refractivity contribution in [1.82, 2.24) is 20.3 Å². The van der Waals surface area contributed by atoms with Gasteiger partial charge in [-0.3, -0.25) is 4.79 Å². The fourth-order valence-electron chi connectivity index (χ4n) is 2.12. The lowest BCUT2D eigenvalue weighted by Gasteiger charge is -2.22. The van der Waals surface area contributed by atoms with Crippen LogP contribution in [0.4, 0.5) is 10.6 Å². The number of carbonyl (C=O) groups is 1. The minimum absolute atomic E-state index is 0.0707. The van der Waals surface area contributed by atoms with Crippen LogP contribution in [0.2, 0.25) is 0 Å². The third-order valence-corrected chi connectivity index (χ3v) is 3.19. The highest BCUT2D eigenvalue weighted by molar-refractivity contribution is 5.86. The molecule has 1 atom stereocenters. The number of rotatable bonds is 5. The molecule has 2 aromatic rings. The molecule has 24 heavy (non-hydrogen) atoms. The number of ether oxygens (including phenoxy) is 1. The summed E-state index contributed by atoms with van der Waals surface area (Å²) in [6.07, 6.45) is 3.14.